The van der Waals surface area contributed by atoms with Crippen molar-refractivity contribution in [3.05, 3.63) is 52.5 Å². The van der Waals surface area contributed by atoms with Gasteiger partial charge in [-0.15, -0.1) is 0 Å². The fourth-order valence-corrected chi connectivity index (χ4v) is 3.05. The lowest BCUT2D eigenvalue weighted by atomic mass is 9.86. The number of carbonyl (C=O) groups excluding carboxylic acids is 2. The standard InChI is InChI=1S/C21H23ClN2O3/c1-21(2,3)14-7-4-13(5-8-14)6-9-19(25)23-16-11-18-17(10-15(16)22)24-20(26)12-27-18/h4-5,7-8,10-11H,6,9,12H2,1-3H3,(H,23,25)(H,24,26). The van der Waals surface area contributed by atoms with Crippen molar-refractivity contribution in [1.29, 1.82) is 0 Å². The number of ether oxygens (including phenoxy) is 1. The molecule has 0 unspecified atom stereocenters. The fourth-order valence-electron chi connectivity index (χ4n) is 2.84. The molecule has 2 N–H and O–H groups in total. The van der Waals surface area contributed by atoms with Crippen LogP contribution in [0.1, 0.15) is 38.3 Å². The first-order chi connectivity index (χ1) is 12.7. The highest BCUT2D eigenvalue weighted by Crippen LogP contribution is 2.36. The molecule has 0 aromatic heterocycles. The summed E-state index contributed by atoms with van der Waals surface area (Å²) in [6, 6.07) is 11.6. The molecule has 27 heavy (non-hydrogen) atoms. The van der Waals surface area contributed by atoms with E-state index in [1.54, 1.807) is 12.1 Å². The molecule has 2 amide bonds. The minimum absolute atomic E-state index is 0.0490. The Hall–Kier alpha value is -2.53. The van der Waals surface area contributed by atoms with Crippen LogP contribution >= 0.6 is 11.6 Å². The summed E-state index contributed by atoms with van der Waals surface area (Å²) in [5, 5.41) is 5.85. The number of hydrogen-bond acceptors (Lipinski definition) is 3. The number of carbonyl (C=O) groups is 2. The summed E-state index contributed by atoms with van der Waals surface area (Å²) in [4.78, 5) is 23.7. The molecule has 1 aliphatic rings. The SMILES string of the molecule is CC(C)(C)c1ccc(CCC(=O)Nc2cc3c(cc2Cl)NC(=O)CO3)cc1. The number of nitrogens with one attached hydrogen (secondary N) is 2. The molecule has 3 rings (SSSR count). The van der Waals surface area contributed by atoms with E-state index >= 15 is 0 Å². The first kappa shape index (κ1) is 19.2. The van der Waals surface area contributed by atoms with Crippen molar-refractivity contribution >= 4 is 34.8 Å². The molecule has 6 heteroatoms. The number of anilines is 2. The molecule has 1 aliphatic heterocycles. The Morgan fingerprint density at radius 1 is 1.22 bits per heavy atom. The molecule has 2 aromatic carbocycles. The number of hydrogen-bond donors (Lipinski definition) is 2. The second-order valence-corrected chi connectivity index (χ2v) is 8.07. The van der Waals surface area contributed by atoms with Gasteiger partial charge in [0.05, 0.1) is 16.4 Å². The minimum Gasteiger partial charge on any atom is -0.482 e. The zero-order chi connectivity index (χ0) is 19.6. The van der Waals surface area contributed by atoms with Crippen LogP contribution in [0.5, 0.6) is 5.75 Å². The van der Waals surface area contributed by atoms with E-state index in [2.05, 4.69) is 55.7 Å². The van der Waals surface area contributed by atoms with Crippen LogP contribution in [0, 0.1) is 0 Å². The lowest BCUT2D eigenvalue weighted by Crippen LogP contribution is -2.25. The molecule has 0 aliphatic carbocycles. The smallest absolute Gasteiger partial charge is 0.262 e. The van der Waals surface area contributed by atoms with Crippen molar-refractivity contribution < 1.29 is 14.3 Å². The third kappa shape index (κ3) is 4.80. The van der Waals surface area contributed by atoms with Crippen molar-refractivity contribution in [2.24, 2.45) is 0 Å². The third-order valence-electron chi connectivity index (χ3n) is 4.44. The molecule has 0 spiro atoms. The van der Waals surface area contributed by atoms with Crippen LogP contribution in [-0.4, -0.2) is 18.4 Å². The Morgan fingerprint density at radius 3 is 2.59 bits per heavy atom. The van der Waals surface area contributed by atoms with E-state index in [4.69, 9.17) is 16.3 Å². The second kappa shape index (κ2) is 7.61. The van der Waals surface area contributed by atoms with Gasteiger partial charge in [0, 0.05) is 12.5 Å². The Bertz CT molecular complexity index is 870. The van der Waals surface area contributed by atoms with Gasteiger partial charge in [-0.05, 0) is 29.0 Å². The third-order valence-corrected chi connectivity index (χ3v) is 4.75. The van der Waals surface area contributed by atoms with Gasteiger partial charge >= 0.3 is 0 Å². The lowest BCUT2D eigenvalue weighted by molar-refractivity contribution is -0.118. The fraction of sp³-hybridized carbons (Fsp3) is 0.333. The van der Waals surface area contributed by atoms with E-state index in [9.17, 15) is 9.59 Å². The Labute approximate surface area is 164 Å². The van der Waals surface area contributed by atoms with E-state index in [0.717, 1.165) is 5.56 Å². The maximum atomic E-state index is 12.3. The number of amides is 2. The van der Waals surface area contributed by atoms with Crippen LogP contribution in [0.3, 0.4) is 0 Å². The van der Waals surface area contributed by atoms with E-state index < -0.39 is 0 Å². The molecule has 142 valence electrons. The minimum atomic E-state index is -0.229. The number of rotatable bonds is 4. The van der Waals surface area contributed by atoms with Gasteiger partial charge in [0.2, 0.25) is 5.91 Å². The zero-order valence-corrected chi connectivity index (χ0v) is 16.4. The van der Waals surface area contributed by atoms with Gasteiger partial charge in [0.1, 0.15) is 5.75 Å². The molecule has 1 heterocycles. The molecule has 0 saturated heterocycles. The van der Waals surface area contributed by atoms with Gasteiger partial charge in [0.25, 0.3) is 5.91 Å². The van der Waals surface area contributed by atoms with Gasteiger partial charge < -0.3 is 15.4 Å². The molecule has 0 saturated carbocycles. The quantitative estimate of drug-likeness (QED) is 0.810. The monoisotopic (exact) mass is 386 g/mol. The van der Waals surface area contributed by atoms with Crippen molar-refractivity contribution in [3.63, 3.8) is 0 Å². The molecular weight excluding hydrogens is 364 g/mol. The van der Waals surface area contributed by atoms with E-state index in [1.807, 2.05) is 0 Å². The normalized spacial score (nSPS) is 13.4. The highest BCUT2D eigenvalue weighted by molar-refractivity contribution is 6.34. The van der Waals surface area contributed by atoms with Crippen LogP contribution in [0.2, 0.25) is 5.02 Å². The predicted molar refractivity (Wildman–Crippen MR) is 108 cm³/mol. The number of aryl methyl sites for hydroxylation is 1. The van der Waals surface area contributed by atoms with E-state index in [-0.39, 0.29) is 23.8 Å². The molecule has 2 aromatic rings. The van der Waals surface area contributed by atoms with Crippen LogP contribution in [-0.2, 0) is 21.4 Å². The van der Waals surface area contributed by atoms with Crippen LogP contribution in [0.4, 0.5) is 11.4 Å². The van der Waals surface area contributed by atoms with Crippen LogP contribution < -0.4 is 15.4 Å². The van der Waals surface area contributed by atoms with Gasteiger partial charge in [-0.25, -0.2) is 0 Å². The summed E-state index contributed by atoms with van der Waals surface area (Å²) in [7, 11) is 0. The highest BCUT2D eigenvalue weighted by Gasteiger charge is 2.19. The van der Waals surface area contributed by atoms with E-state index in [0.29, 0.717) is 35.0 Å². The predicted octanol–water partition coefficient (Wildman–Crippen LogP) is 4.54. The molecule has 0 radical (unpaired) electrons. The Kier molecular flexibility index (Phi) is 5.42. The first-order valence-electron chi connectivity index (χ1n) is 8.88. The van der Waals surface area contributed by atoms with Crippen molar-refractivity contribution in [3.8, 4) is 5.75 Å². The lowest BCUT2D eigenvalue weighted by Gasteiger charge is -2.20. The van der Waals surface area contributed by atoms with Gasteiger partial charge in [-0.2, -0.15) is 0 Å². The summed E-state index contributed by atoms with van der Waals surface area (Å²) in [5.41, 5.74) is 3.47. The number of benzene rings is 2. The molecule has 0 fully saturated rings. The maximum absolute atomic E-state index is 12.3. The molecular formula is C21H23ClN2O3. The van der Waals surface area contributed by atoms with Crippen molar-refractivity contribution in [2.75, 3.05) is 17.2 Å². The summed E-state index contributed by atoms with van der Waals surface area (Å²) < 4.78 is 5.36. The molecule has 0 bridgehead atoms. The van der Waals surface area contributed by atoms with Crippen LogP contribution in [0.25, 0.3) is 0 Å². The van der Waals surface area contributed by atoms with Gasteiger partial charge in [-0.1, -0.05) is 56.6 Å². The summed E-state index contributed by atoms with van der Waals surface area (Å²) >= 11 is 6.21. The number of halogens is 1. The summed E-state index contributed by atoms with van der Waals surface area (Å²) in [6.45, 7) is 6.47. The van der Waals surface area contributed by atoms with Crippen LogP contribution in [0.15, 0.2) is 36.4 Å². The average molecular weight is 387 g/mol. The topological polar surface area (TPSA) is 67.4 Å². The van der Waals surface area contributed by atoms with Crippen molar-refractivity contribution in [1.82, 2.24) is 0 Å². The average Bonchev–Trinajstić information content (AvgIpc) is 2.60. The second-order valence-electron chi connectivity index (χ2n) is 7.66. The highest BCUT2D eigenvalue weighted by atomic mass is 35.5. The van der Waals surface area contributed by atoms with Crippen molar-refractivity contribution in [2.45, 2.75) is 39.0 Å². The van der Waals surface area contributed by atoms with Gasteiger partial charge in [0.15, 0.2) is 6.61 Å². The first-order valence-corrected chi connectivity index (χ1v) is 9.25. The van der Waals surface area contributed by atoms with Gasteiger partial charge in [-0.3, -0.25) is 9.59 Å². The Balaban J connectivity index is 1.60. The molecule has 0 atom stereocenters. The Morgan fingerprint density at radius 2 is 1.93 bits per heavy atom. The number of fused-ring (bicyclic) bond motifs is 1. The summed E-state index contributed by atoms with van der Waals surface area (Å²) in [5.74, 6) is 0.136. The zero-order valence-electron chi connectivity index (χ0n) is 15.7. The maximum Gasteiger partial charge on any atom is 0.262 e. The largest absolute Gasteiger partial charge is 0.482 e. The van der Waals surface area contributed by atoms with E-state index in [1.165, 1.54) is 5.56 Å². The molecule has 5 nitrogen and oxygen atoms in total. The summed E-state index contributed by atoms with van der Waals surface area (Å²) in [6.07, 6.45) is 0.991.